The number of nitrogens with one attached hydrogen (secondary N) is 1. The van der Waals surface area contributed by atoms with Crippen LogP contribution in [0.3, 0.4) is 0 Å². The maximum Gasteiger partial charge on any atom is 0.407 e. The number of hydrogen-bond acceptors (Lipinski definition) is 4. The first kappa shape index (κ1) is 18.6. The van der Waals surface area contributed by atoms with Crippen molar-refractivity contribution >= 4 is 11.9 Å². The van der Waals surface area contributed by atoms with Gasteiger partial charge in [-0.15, -0.1) is 0 Å². The molecule has 0 aliphatic heterocycles. The van der Waals surface area contributed by atoms with E-state index in [0.717, 1.165) is 0 Å². The van der Waals surface area contributed by atoms with Crippen LogP contribution in [0.15, 0.2) is 66.9 Å². The zero-order valence-electron chi connectivity index (χ0n) is 15.9. The van der Waals surface area contributed by atoms with Crippen LogP contribution >= 0.6 is 0 Å². The molecular weight excluding hydrogens is 362 g/mol. The average Bonchev–Trinajstić information content (AvgIpc) is 3.07. The maximum absolute atomic E-state index is 12.1. The summed E-state index contributed by atoms with van der Waals surface area (Å²) in [4.78, 5) is 16.1. The van der Waals surface area contributed by atoms with Gasteiger partial charge in [-0.05, 0) is 34.4 Å². The van der Waals surface area contributed by atoms with Crippen molar-refractivity contribution in [3.8, 4) is 23.0 Å². The van der Waals surface area contributed by atoms with Crippen molar-refractivity contribution in [1.82, 2.24) is 10.3 Å². The largest absolute Gasteiger partial charge is 0.449 e. The van der Waals surface area contributed by atoms with Gasteiger partial charge in [0.1, 0.15) is 12.4 Å². The van der Waals surface area contributed by atoms with E-state index in [1.165, 1.54) is 22.3 Å². The minimum atomic E-state index is -0.436. The Labute approximate surface area is 169 Å². The van der Waals surface area contributed by atoms with Crippen LogP contribution in [0.4, 0.5) is 10.6 Å². The fourth-order valence-electron chi connectivity index (χ4n) is 3.56. The maximum atomic E-state index is 12.1. The fraction of sp³-hybridized carbons (Fsp3) is 0.167. The van der Waals surface area contributed by atoms with Gasteiger partial charge in [0.2, 0.25) is 0 Å². The Bertz CT molecular complexity index is 1050. The normalized spacial score (nSPS) is 11.7. The number of amides is 1. The zero-order valence-corrected chi connectivity index (χ0v) is 15.9. The first-order valence-electron chi connectivity index (χ1n) is 9.52. The lowest BCUT2D eigenvalue weighted by molar-refractivity contribution is 0.143. The lowest BCUT2D eigenvalue weighted by atomic mass is 9.98. The van der Waals surface area contributed by atoms with E-state index in [1.807, 2.05) is 30.3 Å². The average molecular weight is 383 g/mol. The van der Waals surface area contributed by atoms with Crippen LogP contribution in [0.25, 0.3) is 11.1 Å². The van der Waals surface area contributed by atoms with Crippen molar-refractivity contribution in [2.45, 2.75) is 12.3 Å². The van der Waals surface area contributed by atoms with E-state index in [0.29, 0.717) is 31.0 Å². The third kappa shape index (κ3) is 4.07. The molecule has 5 nitrogen and oxygen atoms in total. The number of pyridine rings is 1. The van der Waals surface area contributed by atoms with Crippen molar-refractivity contribution in [1.29, 1.82) is 0 Å². The van der Waals surface area contributed by atoms with Crippen molar-refractivity contribution < 1.29 is 9.53 Å². The van der Waals surface area contributed by atoms with E-state index >= 15 is 0 Å². The predicted octanol–water partition coefficient (Wildman–Crippen LogP) is 3.94. The van der Waals surface area contributed by atoms with Crippen LogP contribution in [-0.4, -0.2) is 24.2 Å². The second-order valence-electron chi connectivity index (χ2n) is 6.74. The van der Waals surface area contributed by atoms with Gasteiger partial charge in [-0.2, -0.15) is 0 Å². The standard InChI is InChI=1S/C24H21N3O2/c25-23-17(9-7-15-26-23)8-5-6-14-27-24(28)29-16-22-20-12-3-1-10-18(20)19-11-2-4-13-21(19)22/h1-4,7,9-13,15,22H,6,14,16H2,(H2,25,26)(H,27,28). The lowest BCUT2D eigenvalue weighted by Crippen LogP contribution is -2.26. The molecule has 29 heavy (non-hydrogen) atoms. The van der Waals surface area contributed by atoms with Crippen LogP contribution in [0.1, 0.15) is 29.0 Å². The number of ether oxygens (including phenoxy) is 1. The van der Waals surface area contributed by atoms with Crippen LogP contribution in [0, 0.1) is 11.8 Å². The van der Waals surface area contributed by atoms with Gasteiger partial charge in [-0.1, -0.05) is 60.4 Å². The molecule has 1 aliphatic carbocycles. The number of fused-ring (bicyclic) bond motifs is 3. The highest BCUT2D eigenvalue weighted by Gasteiger charge is 2.28. The highest BCUT2D eigenvalue weighted by atomic mass is 16.5. The minimum Gasteiger partial charge on any atom is -0.449 e. The SMILES string of the molecule is Nc1ncccc1C#CCCNC(=O)OCC1c2ccccc2-c2ccccc21. The van der Waals surface area contributed by atoms with Crippen LogP contribution in [0.2, 0.25) is 0 Å². The van der Waals surface area contributed by atoms with E-state index in [1.54, 1.807) is 12.3 Å². The number of carbonyl (C=O) groups excluding carboxylic acids is 1. The van der Waals surface area contributed by atoms with E-state index in [-0.39, 0.29) is 5.92 Å². The molecule has 4 rings (SSSR count). The summed E-state index contributed by atoms with van der Waals surface area (Å²) in [5.41, 5.74) is 11.2. The minimum absolute atomic E-state index is 0.0569. The number of carbonyl (C=O) groups is 1. The van der Waals surface area contributed by atoms with Crippen molar-refractivity contribution in [3.63, 3.8) is 0 Å². The Morgan fingerprint density at radius 1 is 1.03 bits per heavy atom. The summed E-state index contributed by atoms with van der Waals surface area (Å²) in [6.45, 7) is 0.710. The molecule has 1 aromatic heterocycles. The molecule has 5 heteroatoms. The molecule has 0 atom stereocenters. The van der Waals surface area contributed by atoms with Crippen LogP contribution < -0.4 is 11.1 Å². The van der Waals surface area contributed by atoms with E-state index < -0.39 is 6.09 Å². The van der Waals surface area contributed by atoms with Crippen LogP contribution in [-0.2, 0) is 4.74 Å². The Kier molecular flexibility index (Phi) is 5.44. The molecule has 0 fully saturated rings. The first-order valence-corrected chi connectivity index (χ1v) is 9.52. The van der Waals surface area contributed by atoms with Gasteiger partial charge in [0.15, 0.2) is 0 Å². The van der Waals surface area contributed by atoms with E-state index in [4.69, 9.17) is 10.5 Å². The van der Waals surface area contributed by atoms with Gasteiger partial charge in [0, 0.05) is 25.1 Å². The molecule has 0 saturated heterocycles. The number of nitrogens with two attached hydrogens (primary N) is 1. The molecule has 2 aromatic carbocycles. The number of anilines is 1. The number of rotatable bonds is 4. The highest BCUT2D eigenvalue weighted by molar-refractivity contribution is 5.79. The smallest absolute Gasteiger partial charge is 0.407 e. The molecule has 1 aliphatic rings. The molecule has 144 valence electrons. The van der Waals surface area contributed by atoms with Crippen molar-refractivity contribution in [2.24, 2.45) is 0 Å². The third-order valence-electron chi connectivity index (χ3n) is 4.92. The Morgan fingerprint density at radius 3 is 2.41 bits per heavy atom. The molecular formula is C24H21N3O2. The summed E-state index contributed by atoms with van der Waals surface area (Å²) in [5.74, 6) is 6.40. The topological polar surface area (TPSA) is 77.2 Å². The number of hydrogen-bond donors (Lipinski definition) is 2. The van der Waals surface area contributed by atoms with Gasteiger partial charge >= 0.3 is 6.09 Å². The molecule has 0 spiro atoms. The molecule has 0 unspecified atom stereocenters. The molecule has 3 N–H and O–H groups in total. The third-order valence-corrected chi connectivity index (χ3v) is 4.92. The second kappa shape index (κ2) is 8.49. The van der Waals surface area contributed by atoms with E-state index in [2.05, 4.69) is 46.4 Å². The molecule has 1 amide bonds. The quantitative estimate of drug-likeness (QED) is 0.528. The van der Waals surface area contributed by atoms with Gasteiger partial charge in [-0.25, -0.2) is 9.78 Å². The number of nitrogen functional groups attached to an aromatic ring is 1. The van der Waals surface area contributed by atoms with Gasteiger partial charge in [-0.3, -0.25) is 0 Å². The van der Waals surface area contributed by atoms with Gasteiger partial charge in [0.05, 0.1) is 5.56 Å². The Hall–Kier alpha value is -3.78. The Morgan fingerprint density at radius 2 is 1.72 bits per heavy atom. The number of aromatic nitrogens is 1. The molecule has 0 saturated carbocycles. The molecule has 3 aromatic rings. The fourth-order valence-corrected chi connectivity index (χ4v) is 3.56. The summed E-state index contributed by atoms with van der Waals surface area (Å²) in [5, 5.41) is 2.74. The van der Waals surface area contributed by atoms with Crippen molar-refractivity contribution in [3.05, 3.63) is 83.6 Å². The summed E-state index contributed by atoms with van der Waals surface area (Å²) in [6.07, 6.45) is 1.69. The molecule has 0 bridgehead atoms. The summed E-state index contributed by atoms with van der Waals surface area (Å²) in [7, 11) is 0. The zero-order chi connectivity index (χ0) is 20.1. The number of alkyl carbamates (subject to hydrolysis) is 1. The first-order chi connectivity index (χ1) is 14.2. The second-order valence-corrected chi connectivity index (χ2v) is 6.74. The molecule has 0 radical (unpaired) electrons. The highest BCUT2D eigenvalue weighted by Crippen LogP contribution is 2.44. The number of nitrogens with zero attached hydrogens (tertiary/aromatic N) is 1. The number of benzene rings is 2. The Balaban J connectivity index is 1.30. The monoisotopic (exact) mass is 383 g/mol. The predicted molar refractivity (Wildman–Crippen MR) is 113 cm³/mol. The van der Waals surface area contributed by atoms with Gasteiger partial charge in [0.25, 0.3) is 0 Å². The lowest BCUT2D eigenvalue weighted by Gasteiger charge is -2.14. The summed E-state index contributed by atoms with van der Waals surface area (Å²) < 4.78 is 5.50. The summed E-state index contributed by atoms with van der Waals surface area (Å²) in [6, 6.07) is 20.1. The molecule has 1 heterocycles. The van der Waals surface area contributed by atoms with Gasteiger partial charge < -0.3 is 15.8 Å². The van der Waals surface area contributed by atoms with Crippen molar-refractivity contribution in [2.75, 3.05) is 18.9 Å². The van der Waals surface area contributed by atoms with E-state index in [9.17, 15) is 4.79 Å². The summed E-state index contributed by atoms with van der Waals surface area (Å²) >= 11 is 0. The van der Waals surface area contributed by atoms with Crippen LogP contribution in [0.5, 0.6) is 0 Å².